The van der Waals surface area contributed by atoms with Crippen molar-refractivity contribution in [3.63, 3.8) is 0 Å². The highest BCUT2D eigenvalue weighted by molar-refractivity contribution is 7.13. The molecule has 2 heterocycles. The Kier molecular flexibility index (Phi) is 6.23. The summed E-state index contributed by atoms with van der Waals surface area (Å²) < 4.78 is 16.7. The summed E-state index contributed by atoms with van der Waals surface area (Å²) in [7, 11) is 1.61. The molecule has 1 amide bonds. The fourth-order valence-corrected chi connectivity index (χ4v) is 4.17. The minimum Gasteiger partial charge on any atom is -0.494 e. The highest BCUT2D eigenvalue weighted by atomic mass is 32.1. The van der Waals surface area contributed by atoms with E-state index in [2.05, 4.69) is 10.3 Å². The minimum absolute atomic E-state index is 0.108. The lowest BCUT2D eigenvalue weighted by atomic mass is 10.2. The Morgan fingerprint density at radius 3 is 2.77 bits per heavy atom. The van der Waals surface area contributed by atoms with E-state index in [9.17, 15) is 4.79 Å². The first-order chi connectivity index (χ1) is 15.1. The maximum atomic E-state index is 12.6. The number of nitrogens with zero attached hydrogens (tertiary/aromatic N) is 1. The van der Waals surface area contributed by atoms with Gasteiger partial charge >= 0.3 is 0 Å². The molecule has 0 spiro atoms. The average Bonchev–Trinajstić information content (AvgIpc) is 3.41. The van der Waals surface area contributed by atoms with Gasteiger partial charge in [-0.3, -0.25) is 4.79 Å². The van der Waals surface area contributed by atoms with Crippen LogP contribution in [0.5, 0.6) is 11.5 Å². The van der Waals surface area contributed by atoms with Crippen LogP contribution in [0, 0.1) is 0 Å². The molecule has 4 aromatic rings. The lowest BCUT2D eigenvalue weighted by molar-refractivity contribution is -0.121. The van der Waals surface area contributed by atoms with Crippen LogP contribution in [0.25, 0.3) is 21.5 Å². The summed E-state index contributed by atoms with van der Waals surface area (Å²) in [5.74, 6) is 2.08. The zero-order valence-corrected chi connectivity index (χ0v) is 18.5. The molecule has 2 aromatic carbocycles. The summed E-state index contributed by atoms with van der Waals surface area (Å²) in [5, 5.41) is 6.72. The van der Waals surface area contributed by atoms with Gasteiger partial charge in [0, 0.05) is 16.3 Å². The summed E-state index contributed by atoms with van der Waals surface area (Å²) >= 11 is 1.52. The number of ether oxygens (including phenoxy) is 2. The Bertz CT molecular complexity index is 1180. The van der Waals surface area contributed by atoms with Gasteiger partial charge in [-0.15, -0.1) is 11.3 Å². The molecule has 2 aromatic heterocycles. The van der Waals surface area contributed by atoms with E-state index in [1.54, 1.807) is 7.11 Å². The third kappa shape index (κ3) is 4.72. The van der Waals surface area contributed by atoms with E-state index in [0.29, 0.717) is 23.7 Å². The van der Waals surface area contributed by atoms with Gasteiger partial charge in [-0.05, 0) is 50.2 Å². The van der Waals surface area contributed by atoms with Crippen LogP contribution in [0.2, 0.25) is 0 Å². The second-order valence-electron chi connectivity index (χ2n) is 7.09. The lowest BCUT2D eigenvalue weighted by Crippen LogP contribution is -2.27. The quantitative estimate of drug-likeness (QED) is 0.401. The number of hydrogen-bond donors (Lipinski definition) is 1. The Morgan fingerprint density at radius 1 is 1.23 bits per heavy atom. The molecule has 0 saturated heterocycles. The number of fused-ring (bicyclic) bond motifs is 1. The van der Waals surface area contributed by atoms with Gasteiger partial charge in [0.1, 0.15) is 16.5 Å². The molecule has 1 unspecified atom stereocenters. The smallest absolute Gasteiger partial charge is 0.226 e. The van der Waals surface area contributed by atoms with Gasteiger partial charge in [-0.25, -0.2) is 4.98 Å². The molecule has 0 aliphatic rings. The molecule has 31 heavy (non-hydrogen) atoms. The summed E-state index contributed by atoms with van der Waals surface area (Å²) in [5.41, 5.74) is 2.43. The van der Waals surface area contributed by atoms with Crippen molar-refractivity contribution in [2.75, 3.05) is 13.7 Å². The summed E-state index contributed by atoms with van der Waals surface area (Å²) in [6.07, 6.45) is 0.210. The number of methoxy groups -OCH3 is 1. The number of aromatic nitrogens is 1. The van der Waals surface area contributed by atoms with E-state index in [1.807, 2.05) is 67.8 Å². The summed E-state index contributed by atoms with van der Waals surface area (Å²) in [6.45, 7) is 4.49. The Labute approximate surface area is 184 Å². The molecular formula is C24H24N2O4S. The maximum absolute atomic E-state index is 12.6. The molecule has 160 valence electrons. The number of amides is 1. The lowest BCUT2D eigenvalue weighted by Gasteiger charge is -2.10. The van der Waals surface area contributed by atoms with Gasteiger partial charge < -0.3 is 19.2 Å². The van der Waals surface area contributed by atoms with Gasteiger partial charge in [0.2, 0.25) is 5.91 Å². The Morgan fingerprint density at radius 2 is 2.03 bits per heavy atom. The highest BCUT2D eigenvalue weighted by Gasteiger charge is 2.17. The molecule has 0 bridgehead atoms. The molecule has 6 nitrogen and oxygen atoms in total. The van der Waals surface area contributed by atoms with Crippen molar-refractivity contribution < 1.29 is 18.7 Å². The number of carbonyl (C=O) groups excluding carboxylic acids is 1. The number of rotatable bonds is 8. The van der Waals surface area contributed by atoms with Gasteiger partial charge in [-0.1, -0.05) is 12.1 Å². The van der Waals surface area contributed by atoms with Crippen LogP contribution in [-0.2, 0) is 11.2 Å². The van der Waals surface area contributed by atoms with Crippen molar-refractivity contribution in [1.29, 1.82) is 0 Å². The van der Waals surface area contributed by atoms with Crippen LogP contribution in [0.3, 0.4) is 0 Å². The fraction of sp³-hybridized carbons (Fsp3) is 0.250. The van der Waals surface area contributed by atoms with Crippen LogP contribution in [0.15, 0.2) is 58.3 Å². The van der Waals surface area contributed by atoms with Gasteiger partial charge in [0.25, 0.3) is 0 Å². The number of furan rings is 1. The van der Waals surface area contributed by atoms with Crippen molar-refractivity contribution in [2.45, 2.75) is 26.3 Å². The first-order valence-corrected chi connectivity index (χ1v) is 11.0. The molecule has 0 fully saturated rings. The van der Waals surface area contributed by atoms with Gasteiger partial charge in [-0.2, -0.15) is 0 Å². The maximum Gasteiger partial charge on any atom is 0.226 e. The van der Waals surface area contributed by atoms with E-state index in [4.69, 9.17) is 13.9 Å². The normalized spacial score (nSPS) is 12.0. The average molecular weight is 437 g/mol. The van der Waals surface area contributed by atoms with Crippen LogP contribution in [-0.4, -0.2) is 24.6 Å². The number of hydrogen-bond acceptors (Lipinski definition) is 6. The summed E-state index contributed by atoms with van der Waals surface area (Å²) in [4.78, 5) is 17.2. The fourth-order valence-electron chi connectivity index (χ4n) is 3.34. The SMILES string of the molecule is CCOc1ccc(-c2nc(CC(=O)NC(C)c3cc4cccc(OC)c4o3)cs2)cc1. The van der Waals surface area contributed by atoms with E-state index in [1.165, 1.54) is 11.3 Å². The molecule has 0 aliphatic heterocycles. The minimum atomic E-state index is -0.270. The monoisotopic (exact) mass is 436 g/mol. The van der Waals surface area contributed by atoms with E-state index in [0.717, 1.165) is 27.4 Å². The number of carbonyl (C=O) groups is 1. The third-order valence-electron chi connectivity index (χ3n) is 4.86. The van der Waals surface area contributed by atoms with Crippen molar-refractivity contribution >= 4 is 28.2 Å². The number of thiazole rings is 1. The van der Waals surface area contributed by atoms with Crippen molar-refractivity contribution in [3.05, 3.63) is 65.4 Å². The van der Waals surface area contributed by atoms with Crippen LogP contribution in [0.1, 0.15) is 31.3 Å². The highest BCUT2D eigenvalue weighted by Crippen LogP contribution is 2.31. The Hall–Kier alpha value is -3.32. The molecule has 0 aliphatic carbocycles. The van der Waals surface area contributed by atoms with E-state index < -0.39 is 0 Å². The van der Waals surface area contributed by atoms with Crippen molar-refractivity contribution in [2.24, 2.45) is 0 Å². The largest absolute Gasteiger partial charge is 0.494 e. The molecule has 1 N–H and O–H groups in total. The van der Waals surface area contributed by atoms with Crippen molar-refractivity contribution in [3.8, 4) is 22.1 Å². The molecular weight excluding hydrogens is 412 g/mol. The molecule has 7 heteroatoms. The van der Waals surface area contributed by atoms with Crippen LogP contribution >= 0.6 is 11.3 Å². The van der Waals surface area contributed by atoms with Gasteiger partial charge in [0.05, 0.1) is 31.9 Å². The number of nitrogens with one attached hydrogen (secondary N) is 1. The first-order valence-electron chi connectivity index (χ1n) is 10.1. The summed E-state index contributed by atoms with van der Waals surface area (Å²) in [6, 6.07) is 15.2. The van der Waals surface area contributed by atoms with Crippen LogP contribution in [0.4, 0.5) is 0 Å². The predicted molar refractivity (Wildman–Crippen MR) is 122 cm³/mol. The predicted octanol–water partition coefficient (Wildman–Crippen LogP) is 5.38. The van der Waals surface area contributed by atoms with Crippen LogP contribution < -0.4 is 14.8 Å². The molecule has 0 radical (unpaired) electrons. The Balaban J connectivity index is 1.40. The van der Waals surface area contributed by atoms with E-state index >= 15 is 0 Å². The van der Waals surface area contributed by atoms with Gasteiger partial charge in [0.15, 0.2) is 11.3 Å². The number of benzene rings is 2. The second-order valence-corrected chi connectivity index (χ2v) is 7.95. The zero-order chi connectivity index (χ0) is 21.8. The molecule has 4 rings (SSSR count). The van der Waals surface area contributed by atoms with Crippen molar-refractivity contribution in [1.82, 2.24) is 10.3 Å². The number of para-hydroxylation sites is 1. The zero-order valence-electron chi connectivity index (χ0n) is 17.7. The third-order valence-corrected chi connectivity index (χ3v) is 5.80. The second kappa shape index (κ2) is 9.22. The molecule has 0 saturated carbocycles. The van der Waals surface area contributed by atoms with E-state index in [-0.39, 0.29) is 18.4 Å². The standard InChI is InChI=1S/C24H24N2O4S/c1-4-29-19-10-8-16(9-11-19)24-26-18(14-31-24)13-22(27)25-15(2)21-12-17-6-5-7-20(28-3)23(17)30-21/h5-12,14-15H,4,13H2,1-3H3,(H,25,27). The molecule has 1 atom stereocenters. The topological polar surface area (TPSA) is 73.6 Å². The first kappa shape index (κ1) is 20.9.